The van der Waals surface area contributed by atoms with Crippen molar-refractivity contribution in [2.24, 2.45) is 4.99 Å². The van der Waals surface area contributed by atoms with Gasteiger partial charge in [-0.05, 0) is 25.8 Å². The van der Waals surface area contributed by atoms with Crippen molar-refractivity contribution < 1.29 is 4.74 Å². The number of guanidine groups is 1. The van der Waals surface area contributed by atoms with E-state index in [2.05, 4.69) is 22.5 Å². The molecule has 1 aliphatic carbocycles. The fraction of sp³-hybridized carbons (Fsp3) is 0.500. The van der Waals surface area contributed by atoms with Gasteiger partial charge in [0.2, 0.25) is 0 Å². The summed E-state index contributed by atoms with van der Waals surface area (Å²) in [5.74, 6) is 1.79. The summed E-state index contributed by atoms with van der Waals surface area (Å²) in [5.41, 5.74) is 1.10. The van der Waals surface area contributed by atoms with Crippen LogP contribution in [0, 0.1) is 0 Å². The van der Waals surface area contributed by atoms with E-state index in [0.717, 1.165) is 23.8 Å². The molecule has 0 aliphatic heterocycles. The fourth-order valence-corrected chi connectivity index (χ4v) is 1.74. The highest BCUT2D eigenvalue weighted by atomic mass is 127. The number of benzene rings is 1. The average Bonchev–Trinajstić information content (AvgIpc) is 3.20. The third-order valence-corrected chi connectivity index (χ3v) is 2.86. The van der Waals surface area contributed by atoms with Gasteiger partial charge in [0.1, 0.15) is 5.75 Å². The number of nitrogens with zero attached hydrogens (tertiary/aromatic N) is 1. The molecule has 0 atom stereocenters. The van der Waals surface area contributed by atoms with Crippen molar-refractivity contribution in [3.05, 3.63) is 29.8 Å². The molecule has 0 saturated heterocycles. The van der Waals surface area contributed by atoms with Crippen LogP contribution in [0.4, 0.5) is 0 Å². The molecule has 1 saturated carbocycles. The number of aliphatic imine (C=N–C) groups is 1. The molecule has 2 N–H and O–H groups in total. The van der Waals surface area contributed by atoms with Crippen LogP contribution in [-0.4, -0.2) is 25.7 Å². The molecule has 1 fully saturated rings. The SMILES string of the molecule is CCNC(=NCc1ccccc1OC)NC1CC1.I. The van der Waals surface area contributed by atoms with Gasteiger partial charge in [0.25, 0.3) is 0 Å². The van der Waals surface area contributed by atoms with E-state index in [1.807, 2.05) is 24.3 Å². The highest BCUT2D eigenvalue weighted by molar-refractivity contribution is 14.0. The summed E-state index contributed by atoms with van der Waals surface area (Å²) in [7, 11) is 1.69. The van der Waals surface area contributed by atoms with E-state index in [4.69, 9.17) is 4.74 Å². The number of para-hydroxylation sites is 1. The van der Waals surface area contributed by atoms with E-state index >= 15 is 0 Å². The molecule has 0 heterocycles. The number of hydrogen-bond acceptors (Lipinski definition) is 2. The van der Waals surface area contributed by atoms with Gasteiger partial charge in [0, 0.05) is 18.2 Å². The second-order valence-corrected chi connectivity index (χ2v) is 4.43. The molecule has 1 aromatic carbocycles. The first kappa shape index (κ1) is 16.1. The molecule has 4 nitrogen and oxygen atoms in total. The molecule has 5 heteroatoms. The van der Waals surface area contributed by atoms with Crippen LogP contribution >= 0.6 is 24.0 Å². The molecular formula is C14H22IN3O. The van der Waals surface area contributed by atoms with Crippen LogP contribution in [0.3, 0.4) is 0 Å². The molecule has 0 spiro atoms. The number of halogens is 1. The van der Waals surface area contributed by atoms with Crippen molar-refractivity contribution in [1.82, 2.24) is 10.6 Å². The van der Waals surface area contributed by atoms with Crippen LogP contribution in [0.5, 0.6) is 5.75 Å². The van der Waals surface area contributed by atoms with Gasteiger partial charge in [-0.2, -0.15) is 0 Å². The Labute approximate surface area is 132 Å². The molecule has 0 aromatic heterocycles. The molecule has 0 radical (unpaired) electrons. The summed E-state index contributed by atoms with van der Waals surface area (Å²) >= 11 is 0. The van der Waals surface area contributed by atoms with Crippen LogP contribution in [0.2, 0.25) is 0 Å². The molecule has 1 aliphatic rings. The standard InChI is InChI=1S/C14H21N3O.HI/c1-3-15-14(17-12-8-9-12)16-10-11-6-4-5-7-13(11)18-2;/h4-7,12H,3,8-10H2,1-2H3,(H2,15,16,17);1H. The third-order valence-electron chi connectivity index (χ3n) is 2.86. The first-order valence-electron chi connectivity index (χ1n) is 6.50. The Bertz CT molecular complexity index is 419. The minimum Gasteiger partial charge on any atom is -0.496 e. The Balaban J connectivity index is 0.00000180. The van der Waals surface area contributed by atoms with Crippen molar-refractivity contribution in [3.63, 3.8) is 0 Å². The van der Waals surface area contributed by atoms with Gasteiger partial charge in [0.05, 0.1) is 13.7 Å². The summed E-state index contributed by atoms with van der Waals surface area (Å²) in [6, 6.07) is 8.60. The highest BCUT2D eigenvalue weighted by Crippen LogP contribution is 2.19. The Morgan fingerprint density at radius 1 is 1.37 bits per heavy atom. The number of hydrogen-bond donors (Lipinski definition) is 2. The van der Waals surface area contributed by atoms with Gasteiger partial charge in [-0.15, -0.1) is 24.0 Å². The van der Waals surface area contributed by atoms with Crippen molar-refractivity contribution in [2.75, 3.05) is 13.7 Å². The highest BCUT2D eigenvalue weighted by Gasteiger charge is 2.22. The summed E-state index contributed by atoms with van der Waals surface area (Å²) in [6.45, 7) is 3.59. The number of ether oxygens (including phenoxy) is 1. The van der Waals surface area contributed by atoms with Crippen molar-refractivity contribution in [2.45, 2.75) is 32.4 Å². The average molecular weight is 375 g/mol. The van der Waals surface area contributed by atoms with Gasteiger partial charge in [-0.1, -0.05) is 18.2 Å². The van der Waals surface area contributed by atoms with Crippen LogP contribution in [0.25, 0.3) is 0 Å². The Hall–Kier alpha value is -0.980. The first-order chi connectivity index (χ1) is 8.83. The Morgan fingerprint density at radius 2 is 2.11 bits per heavy atom. The topological polar surface area (TPSA) is 45.7 Å². The predicted molar refractivity (Wildman–Crippen MR) is 89.4 cm³/mol. The minimum atomic E-state index is 0. The zero-order valence-corrected chi connectivity index (χ0v) is 13.8. The van der Waals surface area contributed by atoms with Gasteiger partial charge in [-0.3, -0.25) is 0 Å². The number of nitrogens with one attached hydrogen (secondary N) is 2. The van der Waals surface area contributed by atoms with E-state index in [0.29, 0.717) is 12.6 Å². The lowest BCUT2D eigenvalue weighted by Gasteiger charge is -2.11. The maximum absolute atomic E-state index is 5.32. The van der Waals surface area contributed by atoms with Gasteiger partial charge >= 0.3 is 0 Å². The summed E-state index contributed by atoms with van der Waals surface area (Å²) in [4.78, 5) is 4.59. The molecule has 0 bridgehead atoms. The lowest BCUT2D eigenvalue weighted by atomic mass is 10.2. The second-order valence-electron chi connectivity index (χ2n) is 4.43. The van der Waals surface area contributed by atoms with Crippen LogP contribution in [-0.2, 0) is 6.54 Å². The van der Waals surface area contributed by atoms with Crippen molar-refractivity contribution in [1.29, 1.82) is 0 Å². The first-order valence-corrected chi connectivity index (χ1v) is 6.50. The van der Waals surface area contributed by atoms with E-state index < -0.39 is 0 Å². The smallest absolute Gasteiger partial charge is 0.191 e. The lowest BCUT2D eigenvalue weighted by Crippen LogP contribution is -2.38. The van der Waals surface area contributed by atoms with E-state index in [-0.39, 0.29) is 24.0 Å². The second kappa shape index (κ2) is 8.24. The predicted octanol–water partition coefficient (Wildman–Crippen LogP) is 2.53. The van der Waals surface area contributed by atoms with E-state index in [1.54, 1.807) is 7.11 Å². The summed E-state index contributed by atoms with van der Waals surface area (Å²) in [5, 5.41) is 6.66. The maximum atomic E-state index is 5.32. The normalized spacial score (nSPS) is 14.5. The van der Waals surface area contributed by atoms with Gasteiger partial charge < -0.3 is 15.4 Å². The van der Waals surface area contributed by atoms with E-state index in [1.165, 1.54) is 12.8 Å². The number of rotatable bonds is 5. The summed E-state index contributed by atoms with van der Waals surface area (Å²) in [6.07, 6.45) is 2.50. The fourth-order valence-electron chi connectivity index (χ4n) is 1.74. The van der Waals surface area contributed by atoms with Crippen molar-refractivity contribution >= 4 is 29.9 Å². The molecule has 19 heavy (non-hydrogen) atoms. The zero-order valence-electron chi connectivity index (χ0n) is 11.5. The molecule has 1 aromatic rings. The third kappa shape index (κ3) is 5.26. The lowest BCUT2D eigenvalue weighted by molar-refractivity contribution is 0.410. The molecular weight excluding hydrogens is 353 g/mol. The quantitative estimate of drug-likeness (QED) is 0.472. The van der Waals surface area contributed by atoms with Crippen LogP contribution in [0.15, 0.2) is 29.3 Å². The van der Waals surface area contributed by atoms with Crippen molar-refractivity contribution in [3.8, 4) is 5.75 Å². The summed E-state index contributed by atoms with van der Waals surface area (Å²) < 4.78 is 5.32. The Morgan fingerprint density at radius 3 is 2.74 bits per heavy atom. The number of methoxy groups -OCH3 is 1. The Kier molecular flexibility index (Phi) is 6.97. The van der Waals surface area contributed by atoms with Crippen LogP contribution < -0.4 is 15.4 Å². The minimum absolute atomic E-state index is 0. The van der Waals surface area contributed by atoms with Gasteiger partial charge in [0.15, 0.2) is 5.96 Å². The molecule has 106 valence electrons. The monoisotopic (exact) mass is 375 g/mol. The molecule has 2 rings (SSSR count). The largest absolute Gasteiger partial charge is 0.496 e. The zero-order chi connectivity index (χ0) is 12.8. The van der Waals surface area contributed by atoms with Gasteiger partial charge in [-0.25, -0.2) is 4.99 Å². The van der Waals surface area contributed by atoms with E-state index in [9.17, 15) is 0 Å². The van der Waals surface area contributed by atoms with Crippen LogP contribution in [0.1, 0.15) is 25.3 Å². The molecule has 0 amide bonds. The maximum Gasteiger partial charge on any atom is 0.191 e. The molecule has 0 unspecified atom stereocenters.